The van der Waals surface area contributed by atoms with Gasteiger partial charge in [-0.05, 0) is 57.1 Å². The van der Waals surface area contributed by atoms with Crippen molar-refractivity contribution in [1.82, 2.24) is 15.6 Å². The molecule has 0 bridgehead atoms. The molecule has 0 amide bonds. The van der Waals surface area contributed by atoms with E-state index in [0.717, 1.165) is 77.7 Å². The minimum Gasteiger partial charge on any atom is -0.381 e. The number of hydrogen-bond donors (Lipinski definition) is 3. The number of fused-ring (bicyclic) bond motifs is 1. The lowest BCUT2D eigenvalue weighted by molar-refractivity contribution is 0.0205. The number of aryl methyl sites for hydroxylation is 1. The zero-order valence-electron chi connectivity index (χ0n) is 18.3. The van der Waals surface area contributed by atoms with Crippen LogP contribution in [-0.4, -0.2) is 57.0 Å². The van der Waals surface area contributed by atoms with Gasteiger partial charge in [0.15, 0.2) is 5.96 Å². The molecule has 3 N–H and O–H groups in total. The topological polar surface area (TPSA) is 70.7 Å². The molecule has 0 saturated carbocycles. The van der Waals surface area contributed by atoms with Gasteiger partial charge in [0.2, 0.25) is 0 Å². The molecule has 1 fully saturated rings. The summed E-state index contributed by atoms with van der Waals surface area (Å²) in [5, 5.41) is 8.11. The predicted octanol–water partition coefficient (Wildman–Crippen LogP) is 4.03. The average Bonchev–Trinajstić information content (AvgIpc) is 3.06. The molecule has 0 aliphatic carbocycles. The molecule has 1 aromatic carbocycles. The number of aromatic amines is 1. The molecule has 3 rings (SSSR count). The first-order valence-corrected chi connectivity index (χ1v) is 11.0. The smallest absolute Gasteiger partial charge is 0.191 e. The number of aliphatic imine (C=N–C) groups is 1. The quantitative estimate of drug-likeness (QED) is 0.189. The summed E-state index contributed by atoms with van der Waals surface area (Å²) >= 11 is 0. The van der Waals surface area contributed by atoms with E-state index in [0.29, 0.717) is 5.92 Å². The van der Waals surface area contributed by atoms with Crippen LogP contribution in [0.1, 0.15) is 37.4 Å². The molecular weight excluding hydrogens is 491 g/mol. The summed E-state index contributed by atoms with van der Waals surface area (Å²) in [5.41, 5.74) is 3.84. The van der Waals surface area contributed by atoms with Crippen molar-refractivity contribution in [3.8, 4) is 0 Å². The van der Waals surface area contributed by atoms with Crippen LogP contribution in [0.5, 0.6) is 0 Å². The van der Waals surface area contributed by atoms with E-state index in [2.05, 4.69) is 58.7 Å². The second kappa shape index (κ2) is 13.9. The highest BCUT2D eigenvalue weighted by atomic mass is 127. The van der Waals surface area contributed by atoms with Crippen molar-refractivity contribution < 1.29 is 9.47 Å². The molecule has 0 radical (unpaired) electrons. The Hall–Kier alpha value is -1.32. The van der Waals surface area contributed by atoms with E-state index in [9.17, 15) is 0 Å². The first-order valence-electron chi connectivity index (χ1n) is 11.0. The van der Waals surface area contributed by atoms with E-state index in [1.807, 2.05) is 0 Å². The Bertz CT molecular complexity index is 772. The maximum Gasteiger partial charge on any atom is 0.191 e. The SMILES string of the molecule is CCNC(=NCCCOCC1CCOCC1)NCCc1c(C)[nH]c2ccccc12.I. The molecule has 2 aromatic rings. The summed E-state index contributed by atoms with van der Waals surface area (Å²) < 4.78 is 11.2. The Balaban J connectivity index is 0.00000320. The fourth-order valence-electron chi connectivity index (χ4n) is 3.83. The third kappa shape index (κ3) is 7.74. The summed E-state index contributed by atoms with van der Waals surface area (Å²) in [4.78, 5) is 8.16. The number of ether oxygens (including phenoxy) is 2. The second-order valence-corrected chi connectivity index (χ2v) is 7.70. The van der Waals surface area contributed by atoms with Crippen LogP contribution >= 0.6 is 24.0 Å². The number of nitrogens with one attached hydrogen (secondary N) is 3. The van der Waals surface area contributed by atoms with Crippen LogP contribution in [0.4, 0.5) is 0 Å². The summed E-state index contributed by atoms with van der Waals surface area (Å²) in [6.07, 6.45) is 4.17. The van der Waals surface area contributed by atoms with Crippen LogP contribution in [0.15, 0.2) is 29.3 Å². The van der Waals surface area contributed by atoms with E-state index in [1.165, 1.54) is 22.2 Å². The molecule has 7 heteroatoms. The van der Waals surface area contributed by atoms with Crippen molar-refractivity contribution in [2.45, 2.75) is 39.5 Å². The first-order chi connectivity index (χ1) is 14.3. The maximum absolute atomic E-state index is 5.83. The van der Waals surface area contributed by atoms with Gasteiger partial charge in [-0.25, -0.2) is 0 Å². The van der Waals surface area contributed by atoms with Gasteiger partial charge in [-0.2, -0.15) is 0 Å². The largest absolute Gasteiger partial charge is 0.381 e. The number of guanidine groups is 1. The van der Waals surface area contributed by atoms with E-state index >= 15 is 0 Å². The van der Waals surface area contributed by atoms with Gasteiger partial charge in [0.25, 0.3) is 0 Å². The molecule has 30 heavy (non-hydrogen) atoms. The highest BCUT2D eigenvalue weighted by Crippen LogP contribution is 2.21. The van der Waals surface area contributed by atoms with Crippen molar-refractivity contribution in [2.75, 3.05) is 46.1 Å². The Morgan fingerprint density at radius 2 is 2.03 bits per heavy atom. The van der Waals surface area contributed by atoms with Crippen molar-refractivity contribution in [3.05, 3.63) is 35.5 Å². The molecule has 0 unspecified atom stereocenters. The van der Waals surface area contributed by atoms with Crippen molar-refractivity contribution in [2.24, 2.45) is 10.9 Å². The summed E-state index contributed by atoms with van der Waals surface area (Å²) in [6.45, 7) is 10.1. The Kier molecular flexibility index (Phi) is 11.5. The Morgan fingerprint density at radius 1 is 1.23 bits per heavy atom. The van der Waals surface area contributed by atoms with E-state index in [-0.39, 0.29) is 24.0 Å². The summed E-state index contributed by atoms with van der Waals surface area (Å²) in [6, 6.07) is 8.49. The Morgan fingerprint density at radius 3 is 2.83 bits per heavy atom. The van der Waals surface area contributed by atoms with Gasteiger partial charge in [-0.15, -0.1) is 24.0 Å². The Labute approximate surface area is 197 Å². The number of benzene rings is 1. The number of nitrogens with zero attached hydrogens (tertiary/aromatic N) is 1. The molecule has 2 heterocycles. The highest BCUT2D eigenvalue weighted by Gasteiger charge is 2.13. The van der Waals surface area contributed by atoms with Gasteiger partial charge in [0, 0.05) is 62.7 Å². The third-order valence-corrected chi connectivity index (χ3v) is 5.45. The average molecular weight is 528 g/mol. The van der Waals surface area contributed by atoms with E-state index in [1.54, 1.807) is 0 Å². The molecule has 1 saturated heterocycles. The monoisotopic (exact) mass is 528 g/mol. The summed E-state index contributed by atoms with van der Waals surface area (Å²) in [5.74, 6) is 1.55. The van der Waals surface area contributed by atoms with Gasteiger partial charge >= 0.3 is 0 Å². The van der Waals surface area contributed by atoms with Gasteiger partial charge in [-0.1, -0.05) is 18.2 Å². The molecule has 0 spiro atoms. The van der Waals surface area contributed by atoms with Crippen molar-refractivity contribution in [1.29, 1.82) is 0 Å². The van der Waals surface area contributed by atoms with Crippen LogP contribution in [0, 0.1) is 12.8 Å². The maximum atomic E-state index is 5.83. The van der Waals surface area contributed by atoms with Gasteiger partial charge < -0.3 is 25.1 Å². The number of rotatable bonds is 10. The number of hydrogen-bond acceptors (Lipinski definition) is 3. The number of aromatic nitrogens is 1. The number of H-pyrrole nitrogens is 1. The van der Waals surface area contributed by atoms with Crippen LogP contribution in [0.2, 0.25) is 0 Å². The normalized spacial score (nSPS) is 15.2. The van der Waals surface area contributed by atoms with Gasteiger partial charge in [0.1, 0.15) is 0 Å². The molecule has 1 aliphatic rings. The lowest BCUT2D eigenvalue weighted by Gasteiger charge is -2.21. The lowest BCUT2D eigenvalue weighted by Crippen LogP contribution is -2.38. The predicted molar refractivity (Wildman–Crippen MR) is 135 cm³/mol. The minimum atomic E-state index is 0. The minimum absolute atomic E-state index is 0. The van der Waals surface area contributed by atoms with Gasteiger partial charge in [0.05, 0.1) is 0 Å². The lowest BCUT2D eigenvalue weighted by atomic mass is 10.0. The van der Waals surface area contributed by atoms with E-state index in [4.69, 9.17) is 9.47 Å². The molecule has 6 nitrogen and oxygen atoms in total. The number of para-hydroxylation sites is 1. The third-order valence-electron chi connectivity index (χ3n) is 5.45. The number of halogens is 1. The fourth-order valence-corrected chi connectivity index (χ4v) is 3.83. The first kappa shape index (κ1) is 24.9. The van der Waals surface area contributed by atoms with Crippen LogP contribution in [0.25, 0.3) is 10.9 Å². The summed E-state index contributed by atoms with van der Waals surface area (Å²) in [7, 11) is 0. The van der Waals surface area contributed by atoms with Gasteiger partial charge in [-0.3, -0.25) is 4.99 Å². The van der Waals surface area contributed by atoms with Crippen LogP contribution < -0.4 is 10.6 Å². The molecule has 1 aliphatic heterocycles. The molecule has 0 atom stereocenters. The fraction of sp³-hybridized carbons (Fsp3) is 0.609. The standard InChI is InChI=1S/C23H36N4O2.HI/c1-3-24-23(25-12-6-14-29-17-19-10-15-28-16-11-19)26-13-9-20-18(2)27-22-8-5-4-7-21(20)22;/h4-5,7-8,19,27H,3,6,9-17H2,1-2H3,(H2,24,25,26);1H. The highest BCUT2D eigenvalue weighted by molar-refractivity contribution is 14.0. The van der Waals surface area contributed by atoms with Crippen molar-refractivity contribution in [3.63, 3.8) is 0 Å². The second-order valence-electron chi connectivity index (χ2n) is 7.70. The molecule has 168 valence electrons. The zero-order valence-corrected chi connectivity index (χ0v) is 20.7. The molecular formula is C23H37IN4O2. The van der Waals surface area contributed by atoms with Crippen LogP contribution in [-0.2, 0) is 15.9 Å². The van der Waals surface area contributed by atoms with E-state index < -0.39 is 0 Å². The molecule has 1 aromatic heterocycles. The van der Waals surface area contributed by atoms with Crippen LogP contribution in [0.3, 0.4) is 0 Å². The zero-order chi connectivity index (χ0) is 20.3. The van der Waals surface area contributed by atoms with Crippen molar-refractivity contribution >= 4 is 40.8 Å².